The summed E-state index contributed by atoms with van der Waals surface area (Å²) in [5, 5.41) is 53.7. The van der Waals surface area contributed by atoms with Crippen LogP contribution < -0.4 is 10.6 Å². The second kappa shape index (κ2) is 19.3. The van der Waals surface area contributed by atoms with Gasteiger partial charge in [0.15, 0.2) is 12.6 Å². The monoisotopic (exact) mass is 704 g/mol. The van der Waals surface area contributed by atoms with Crippen molar-refractivity contribution < 1.29 is 92.3 Å². The molecule has 0 aromatic carbocycles. The van der Waals surface area contributed by atoms with Gasteiger partial charge in [-0.15, -0.1) is 0 Å². The maximum Gasteiger partial charge on any atom is 0.331 e. The molecule has 2 fully saturated rings. The molecular weight excluding hydrogens is 668 g/mol. The Morgan fingerprint density at radius 2 is 1.08 bits per heavy atom. The van der Waals surface area contributed by atoms with E-state index in [0.29, 0.717) is 36.5 Å². The van der Waals surface area contributed by atoms with Gasteiger partial charge in [0, 0.05) is 57.6 Å². The summed E-state index contributed by atoms with van der Waals surface area (Å²) >= 11 is 0. The van der Waals surface area contributed by atoms with Gasteiger partial charge in [0.2, 0.25) is 11.8 Å². The average Bonchev–Trinajstić information content (AvgIpc) is 3.03. The number of carbonyl (C=O) groups excluding carboxylic acids is 4. The van der Waals surface area contributed by atoms with Crippen molar-refractivity contribution in [1.82, 2.24) is 10.6 Å². The number of aliphatic hydroxyl groups is 2. The first-order valence-electron chi connectivity index (χ1n) is 14.1. The van der Waals surface area contributed by atoms with Gasteiger partial charge in [-0.1, -0.05) is 0 Å². The standard InChI is InChI=1S/C28H36N2O19/c1-12(31)29-22-23(41)25(43-2)13(10-45-19(39)8-6-17(35)36)48-28(22)49-26-14(11-46-20(40)9-7-18(37)38)47-27(44-3)21(24(26)42)30-15(32)4-5-16(33)34/h4-9,13-14,21-28,41-42H,10-11H2,1-3H3,(H,29,31)(H,30,32)(H,33,34)(H,35,36)(H,37,38)/b5-4+,8-6+,9-7+. The van der Waals surface area contributed by atoms with E-state index in [4.69, 9.17) is 48.5 Å². The summed E-state index contributed by atoms with van der Waals surface area (Å²) in [6, 6.07) is -2.96. The molecular formula is C28H36N2O19. The summed E-state index contributed by atoms with van der Waals surface area (Å²) in [4.78, 5) is 81.0. The van der Waals surface area contributed by atoms with E-state index in [9.17, 15) is 43.8 Å². The van der Waals surface area contributed by atoms with Crippen molar-refractivity contribution in [3.05, 3.63) is 36.5 Å². The Labute approximate surface area is 277 Å². The van der Waals surface area contributed by atoms with Crippen molar-refractivity contribution in [2.75, 3.05) is 27.4 Å². The predicted molar refractivity (Wildman–Crippen MR) is 154 cm³/mol. The molecule has 0 aromatic heterocycles. The first-order chi connectivity index (χ1) is 23.1. The lowest BCUT2D eigenvalue weighted by Crippen LogP contribution is -2.69. The minimum Gasteiger partial charge on any atom is -0.478 e. The van der Waals surface area contributed by atoms with Gasteiger partial charge in [-0.2, -0.15) is 0 Å². The zero-order valence-electron chi connectivity index (χ0n) is 26.1. The van der Waals surface area contributed by atoms with Crippen LogP contribution in [0.15, 0.2) is 36.5 Å². The van der Waals surface area contributed by atoms with E-state index >= 15 is 0 Å². The Hall–Kier alpha value is -4.77. The summed E-state index contributed by atoms with van der Waals surface area (Å²) in [7, 11) is 2.29. The van der Waals surface area contributed by atoms with Crippen LogP contribution in [0.2, 0.25) is 0 Å². The molecule has 2 aliphatic rings. The van der Waals surface area contributed by atoms with Crippen molar-refractivity contribution >= 4 is 41.7 Å². The molecule has 0 aliphatic carbocycles. The molecule has 0 radical (unpaired) electrons. The van der Waals surface area contributed by atoms with Crippen LogP contribution >= 0.6 is 0 Å². The van der Waals surface area contributed by atoms with Crippen molar-refractivity contribution in [2.24, 2.45) is 0 Å². The maximum atomic E-state index is 12.4. The largest absolute Gasteiger partial charge is 0.478 e. The zero-order chi connectivity index (χ0) is 36.8. The zero-order valence-corrected chi connectivity index (χ0v) is 26.1. The van der Waals surface area contributed by atoms with Gasteiger partial charge in [0.25, 0.3) is 0 Å². The van der Waals surface area contributed by atoms with Crippen molar-refractivity contribution in [2.45, 2.75) is 68.2 Å². The number of methoxy groups -OCH3 is 2. The molecule has 10 unspecified atom stereocenters. The third kappa shape index (κ3) is 12.6. The van der Waals surface area contributed by atoms with Crippen LogP contribution in [0.1, 0.15) is 6.92 Å². The van der Waals surface area contributed by atoms with Crippen LogP contribution in [-0.4, -0.2) is 156 Å². The number of aliphatic carboxylic acids is 3. The third-order valence-corrected chi connectivity index (χ3v) is 6.70. The lowest BCUT2D eigenvalue weighted by Gasteiger charge is -2.48. The Morgan fingerprint density at radius 1 is 0.633 bits per heavy atom. The topological polar surface area (TPSA) is 309 Å². The molecule has 21 nitrogen and oxygen atoms in total. The highest BCUT2D eigenvalue weighted by Crippen LogP contribution is 2.31. The highest BCUT2D eigenvalue weighted by atomic mass is 16.7. The number of rotatable bonds is 16. The van der Waals surface area contributed by atoms with E-state index in [1.54, 1.807) is 0 Å². The SMILES string of the molecule is COC1OC(COC(=O)/C=C/C(=O)O)C(OC2OC(COC(=O)/C=C/C(=O)O)C(OC)C(O)C2NC(C)=O)C(O)C1NC(=O)/C=C/C(=O)O. The molecule has 49 heavy (non-hydrogen) atoms. The highest BCUT2D eigenvalue weighted by Gasteiger charge is 2.52. The fourth-order valence-electron chi connectivity index (χ4n) is 4.64. The third-order valence-electron chi connectivity index (χ3n) is 6.70. The fourth-order valence-corrected chi connectivity index (χ4v) is 4.64. The smallest absolute Gasteiger partial charge is 0.331 e. The predicted octanol–water partition coefficient (Wildman–Crippen LogP) is -3.80. The number of hydrogen-bond acceptors (Lipinski definition) is 16. The number of ether oxygens (including phenoxy) is 7. The van der Waals surface area contributed by atoms with Crippen molar-refractivity contribution in [3.63, 3.8) is 0 Å². The molecule has 0 bridgehead atoms. The highest BCUT2D eigenvalue weighted by molar-refractivity contribution is 5.94. The first-order valence-corrected chi connectivity index (χ1v) is 14.1. The summed E-state index contributed by atoms with van der Waals surface area (Å²) in [5.74, 6) is -8.30. The summed E-state index contributed by atoms with van der Waals surface area (Å²) in [5.41, 5.74) is 0. The maximum absolute atomic E-state index is 12.4. The van der Waals surface area contributed by atoms with E-state index in [0.717, 1.165) is 14.0 Å². The van der Waals surface area contributed by atoms with Crippen LogP contribution in [0, 0.1) is 0 Å². The number of carboxylic acids is 3. The van der Waals surface area contributed by atoms with Gasteiger partial charge in [0.05, 0.1) is 0 Å². The number of carbonyl (C=O) groups is 7. The van der Waals surface area contributed by atoms with Crippen molar-refractivity contribution in [3.8, 4) is 0 Å². The molecule has 2 rings (SSSR count). The van der Waals surface area contributed by atoms with Crippen LogP contribution in [0.3, 0.4) is 0 Å². The van der Waals surface area contributed by atoms with Gasteiger partial charge in [0.1, 0.15) is 61.9 Å². The molecule has 10 atom stereocenters. The van der Waals surface area contributed by atoms with Crippen molar-refractivity contribution in [1.29, 1.82) is 0 Å². The second-order valence-electron chi connectivity index (χ2n) is 10.1. The number of carboxylic acid groups (broad SMARTS) is 3. The quantitative estimate of drug-likeness (QED) is 0.0598. The minimum absolute atomic E-state index is 0.493. The second-order valence-corrected chi connectivity index (χ2v) is 10.1. The molecule has 2 amide bonds. The van der Waals surface area contributed by atoms with Crippen LogP contribution in [0.4, 0.5) is 0 Å². The molecule has 2 saturated heterocycles. The number of esters is 2. The van der Waals surface area contributed by atoms with E-state index in [1.165, 1.54) is 7.11 Å². The molecule has 0 saturated carbocycles. The van der Waals surface area contributed by atoms with Gasteiger partial charge in [-0.3, -0.25) is 9.59 Å². The summed E-state index contributed by atoms with van der Waals surface area (Å²) < 4.78 is 38.2. The van der Waals surface area contributed by atoms with Crippen LogP contribution in [0.25, 0.3) is 0 Å². The number of nitrogens with one attached hydrogen (secondary N) is 2. The summed E-state index contributed by atoms with van der Waals surface area (Å²) in [6.45, 7) is -0.285. The molecule has 7 N–H and O–H groups in total. The average molecular weight is 705 g/mol. The molecule has 0 aromatic rings. The molecule has 272 valence electrons. The molecule has 0 spiro atoms. The number of aliphatic hydroxyl groups excluding tert-OH is 2. The first kappa shape index (κ1) is 40.4. The Kier molecular flexibility index (Phi) is 15.9. The van der Waals surface area contributed by atoms with E-state index < -0.39 is 116 Å². The van der Waals surface area contributed by atoms with Crippen LogP contribution in [-0.2, 0) is 66.7 Å². The molecule has 2 aliphatic heterocycles. The minimum atomic E-state index is -1.85. The normalized spacial score (nSPS) is 30.1. The van der Waals surface area contributed by atoms with Crippen LogP contribution in [0.5, 0.6) is 0 Å². The Morgan fingerprint density at radius 3 is 1.55 bits per heavy atom. The van der Waals surface area contributed by atoms with Gasteiger partial charge in [-0.05, 0) is 0 Å². The Bertz CT molecular complexity index is 1310. The Balaban J connectivity index is 2.47. The van der Waals surface area contributed by atoms with Gasteiger partial charge >= 0.3 is 29.8 Å². The van der Waals surface area contributed by atoms with E-state index in [1.807, 2.05) is 0 Å². The lowest BCUT2D eigenvalue weighted by atomic mass is 9.94. The van der Waals surface area contributed by atoms with Gasteiger partial charge < -0.3 is 69.3 Å². The summed E-state index contributed by atoms with van der Waals surface area (Å²) in [6.07, 6.45) is -9.18. The van der Waals surface area contributed by atoms with E-state index in [2.05, 4.69) is 10.6 Å². The van der Waals surface area contributed by atoms with Gasteiger partial charge in [-0.25, -0.2) is 24.0 Å². The number of amides is 2. The molecule has 2 heterocycles. The van der Waals surface area contributed by atoms with E-state index in [-0.39, 0.29) is 0 Å². The fraction of sp³-hybridized carbons (Fsp3) is 0.536. The molecule has 21 heteroatoms. The number of hydrogen-bond donors (Lipinski definition) is 7. The lowest BCUT2D eigenvalue weighted by molar-refractivity contribution is -0.331.